The van der Waals surface area contributed by atoms with Crippen LogP contribution in [0.3, 0.4) is 0 Å². The summed E-state index contributed by atoms with van der Waals surface area (Å²) >= 11 is 0. The van der Waals surface area contributed by atoms with Crippen molar-refractivity contribution in [1.82, 2.24) is 0 Å². The Balaban J connectivity index is 0.000000782. The average molecular weight is 898 g/mol. The zero-order valence-electron chi connectivity index (χ0n) is 38.5. The Labute approximate surface area is 412 Å². The maximum atomic E-state index is 2.38. The predicted octanol–water partition coefficient (Wildman–Crippen LogP) is 22.0. The first kappa shape index (κ1) is 62.1. The second-order valence-electron chi connectivity index (χ2n) is 19.3. The smallest absolute Gasteiger partial charge is 0.0136 e. The van der Waals surface area contributed by atoms with Crippen LogP contribution in [0.4, 0.5) is 0 Å². The van der Waals surface area contributed by atoms with E-state index in [1.54, 1.807) is 27.8 Å². The predicted molar refractivity (Wildman–Crippen MR) is 302 cm³/mol. The van der Waals surface area contributed by atoms with Crippen molar-refractivity contribution in [3.63, 3.8) is 0 Å². The maximum Gasteiger partial charge on any atom is -0.0136 e. The lowest BCUT2D eigenvalue weighted by Gasteiger charge is -2.14. The van der Waals surface area contributed by atoms with Crippen LogP contribution in [0.25, 0.3) is 0 Å². The standard InChI is InChI=1S/5C12H16.6CH4/c4*1-10-6-2-5-9-12(10)11-7-3-4-8-11;1-10-6-5-9-12(10)11-7-3-2-4-8-11;;;;;;/h4*2,5-6,9,11H,3-4,7-8H2,1H3;2-4,7-8,10,12H,5-6,9H2,1H3;6*1H4. The number of hydrogen-bond donors (Lipinski definition) is 0. The van der Waals surface area contributed by atoms with Gasteiger partial charge in [0.15, 0.2) is 0 Å². The zero-order chi connectivity index (χ0) is 41.9. The van der Waals surface area contributed by atoms with E-state index in [2.05, 4.69) is 162 Å². The van der Waals surface area contributed by atoms with Crippen molar-refractivity contribution >= 4 is 0 Å². The van der Waals surface area contributed by atoms with Gasteiger partial charge in [0.25, 0.3) is 0 Å². The van der Waals surface area contributed by atoms with Gasteiger partial charge in [0.1, 0.15) is 0 Å². The lowest BCUT2D eigenvalue weighted by atomic mass is 9.90. The van der Waals surface area contributed by atoms with Gasteiger partial charge in [-0.1, -0.05) is 243 Å². The molecule has 66 heavy (non-hydrogen) atoms. The van der Waals surface area contributed by atoms with Gasteiger partial charge in [0.05, 0.1) is 0 Å². The van der Waals surface area contributed by atoms with E-state index in [-0.39, 0.29) is 44.6 Å². The molecule has 0 saturated heterocycles. The van der Waals surface area contributed by atoms with Crippen LogP contribution in [0.15, 0.2) is 127 Å². The van der Waals surface area contributed by atoms with Crippen molar-refractivity contribution in [2.24, 2.45) is 5.92 Å². The molecule has 0 nitrogen and oxygen atoms in total. The third-order valence-electron chi connectivity index (χ3n) is 15.0. The highest BCUT2D eigenvalue weighted by atomic mass is 14.3. The summed E-state index contributed by atoms with van der Waals surface area (Å²) in [5.74, 6) is 5.20. The molecule has 5 aliphatic carbocycles. The quantitative estimate of drug-likeness (QED) is 0.165. The fraction of sp³-hybridized carbons (Fsp3) is 0.545. The molecule has 0 amide bonds. The Morgan fingerprint density at radius 3 is 0.742 bits per heavy atom. The Bertz CT molecular complexity index is 1700. The minimum Gasteiger partial charge on any atom is -0.0776 e. The maximum absolute atomic E-state index is 2.38. The molecule has 2 atom stereocenters. The molecule has 5 aromatic rings. The third-order valence-corrected chi connectivity index (χ3v) is 15.0. The van der Waals surface area contributed by atoms with Crippen LogP contribution >= 0.6 is 0 Å². The molecule has 2 unspecified atom stereocenters. The van der Waals surface area contributed by atoms with Crippen molar-refractivity contribution in [2.75, 3.05) is 0 Å². The van der Waals surface area contributed by atoms with Crippen molar-refractivity contribution in [1.29, 1.82) is 0 Å². The second-order valence-corrected chi connectivity index (χ2v) is 19.3. The molecule has 0 aliphatic heterocycles. The van der Waals surface area contributed by atoms with Crippen molar-refractivity contribution in [3.8, 4) is 0 Å². The summed E-state index contributed by atoms with van der Waals surface area (Å²) in [6, 6.07) is 46.3. The first-order chi connectivity index (χ1) is 29.4. The summed E-state index contributed by atoms with van der Waals surface area (Å²) in [5, 5.41) is 0. The summed E-state index contributed by atoms with van der Waals surface area (Å²) in [6.07, 6.45) is 26.9. The summed E-state index contributed by atoms with van der Waals surface area (Å²) in [7, 11) is 0. The van der Waals surface area contributed by atoms with E-state index in [9.17, 15) is 0 Å². The summed E-state index contributed by atoms with van der Waals surface area (Å²) in [6.45, 7) is 11.3. The molecule has 0 bridgehead atoms. The Morgan fingerprint density at radius 2 is 0.515 bits per heavy atom. The van der Waals surface area contributed by atoms with Crippen LogP contribution in [0.5, 0.6) is 0 Å². The highest BCUT2D eigenvalue weighted by Gasteiger charge is 2.24. The van der Waals surface area contributed by atoms with Gasteiger partial charge in [-0.25, -0.2) is 0 Å². The summed E-state index contributed by atoms with van der Waals surface area (Å²) in [4.78, 5) is 0. The van der Waals surface area contributed by atoms with E-state index < -0.39 is 0 Å². The molecule has 5 aromatic carbocycles. The van der Waals surface area contributed by atoms with Crippen molar-refractivity contribution < 1.29 is 0 Å². The van der Waals surface area contributed by atoms with Gasteiger partial charge in [0, 0.05) is 0 Å². The lowest BCUT2D eigenvalue weighted by molar-refractivity contribution is 0.533. The van der Waals surface area contributed by atoms with E-state index in [1.165, 1.54) is 144 Å². The minimum absolute atomic E-state index is 0. The minimum atomic E-state index is 0. The highest BCUT2D eigenvalue weighted by Crippen LogP contribution is 2.40. The van der Waals surface area contributed by atoms with Crippen LogP contribution in [0.2, 0.25) is 0 Å². The normalized spacial score (nSPS) is 18.7. The van der Waals surface area contributed by atoms with E-state index in [0.29, 0.717) is 0 Å². The molecular formula is C66H104. The SMILES string of the molecule is C.C.C.C.C.C.CC1CCCC1c1ccccc1.Cc1ccccc1C1CCCC1.Cc1ccccc1C1CCCC1.Cc1ccccc1C1CCCC1.Cc1ccccc1C1CCCC1. The van der Waals surface area contributed by atoms with Crippen LogP contribution in [-0.4, -0.2) is 0 Å². The van der Waals surface area contributed by atoms with Crippen LogP contribution in [0.1, 0.15) is 253 Å². The molecule has 0 spiro atoms. The van der Waals surface area contributed by atoms with Gasteiger partial charge >= 0.3 is 0 Å². The van der Waals surface area contributed by atoms with E-state index >= 15 is 0 Å². The fourth-order valence-electron chi connectivity index (χ4n) is 11.5. The first-order valence-corrected chi connectivity index (χ1v) is 24.7. The van der Waals surface area contributed by atoms with Gasteiger partial charge in [-0.2, -0.15) is 0 Å². The van der Waals surface area contributed by atoms with Crippen LogP contribution < -0.4 is 0 Å². The van der Waals surface area contributed by atoms with E-state index in [1.807, 2.05) is 0 Å². The first-order valence-electron chi connectivity index (χ1n) is 24.7. The molecule has 0 aromatic heterocycles. The Hall–Kier alpha value is -3.90. The topological polar surface area (TPSA) is 0 Å². The van der Waals surface area contributed by atoms with Gasteiger partial charge in [0.2, 0.25) is 0 Å². The number of aryl methyl sites for hydroxylation is 4. The summed E-state index contributed by atoms with van der Waals surface area (Å²) in [5.41, 5.74) is 13.8. The molecular weight excluding hydrogens is 793 g/mol. The summed E-state index contributed by atoms with van der Waals surface area (Å²) < 4.78 is 0. The highest BCUT2D eigenvalue weighted by molar-refractivity contribution is 5.32. The second kappa shape index (κ2) is 33.6. The fourth-order valence-corrected chi connectivity index (χ4v) is 11.5. The van der Waals surface area contributed by atoms with Crippen molar-refractivity contribution in [3.05, 3.63) is 177 Å². The Kier molecular flexibility index (Phi) is 31.6. The molecule has 5 aliphatic rings. The number of benzene rings is 5. The van der Waals surface area contributed by atoms with Crippen molar-refractivity contribution in [2.45, 2.75) is 231 Å². The number of rotatable bonds is 5. The molecule has 0 heteroatoms. The largest absolute Gasteiger partial charge is 0.0776 e. The van der Waals surface area contributed by atoms with E-state index in [0.717, 1.165) is 35.5 Å². The van der Waals surface area contributed by atoms with Crippen LogP contribution in [-0.2, 0) is 0 Å². The lowest BCUT2D eigenvalue weighted by Crippen LogP contribution is -2.00. The molecule has 0 radical (unpaired) electrons. The molecule has 5 saturated carbocycles. The van der Waals surface area contributed by atoms with Gasteiger partial charge < -0.3 is 0 Å². The van der Waals surface area contributed by atoms with E-state index in [4.69, 9.17) is 0 Å². The molecule has 0 N–H and O–H groups in total. The van der Waals surface area contributed by atoms with Gasteiger partial charge in [-0.05, 0) is 171 Å². The van der Waals surface area contributed by atoms with Gasteiger partial charge in [-0.3, -0.25) is 0 Å². The number of hydrogen-bond acceptors (Lipinski definition) is 0. The average Bonchev–Trinajstić information content (AvgIpc) is 4.14. The zero-order valence-corrected chi connectivity index (χ0v) is 38.5. The van der Waals surface area contributed by atoms with Crippen LogP contribution in [0, 0.1) is 33.6 Å². The molecule has 10 rings (SSSR count). The van der Waals surface area contributed by atoms with Gasteiger partial charge in [-0.15, -0.1) is 0 Å². The molecule has 5 fully saturated rings. The third kappa shape index (κ3) is 18.6. The Morgan fingerprint density at radius 1 is 0.273 bits per heavy atom. The molecule has 0 heterocycles. The monoisotopic (exact) mass is 897 g/mol. The molecule has 368 valence electrons.